The van der Waals surface area contributed by atoms with Crippen LogP contribution in [0.3, 0.4) is 0 Å². The molecule has 3 N–H and O–H groups in total. The third-order valence-electron chi connectivity index (χ3n) is 2.86. The summed E-state index contributed by atoms with van der Waals surface area (Å²) in [6.07, 6.45) is 0. The van der Waals surface area contributed by atoms with Crippen LogP contribution in [-0.2, 0) is 16.1 Å². The molecule has 20 heavy (non-hydrogen) atoms. The molecule has 7 nitrogen and oxygen atoms in total. The molecule has 0 radical (unpaired) electrons. The van der Waals surface area contributed by atoms with Crippen LogP contribution in [0, 0.1) is 5.41 Å². The summed E-state index contributed by atoms with van der Waals surface area (Å²) in [7, 11) is 5.01. The average molecular weight is 281 g/mol. The van der Waals surface area contributed by atoms with Crippen molar-refractivity contribution in [1.82, 2.24) is 15.3 Å². The van der Waals surface area contributed by atoms with Crippen molar-refractivity contribution in [2.24, 2.45) is 5.41 Å². The molecule has 112 valence electrons. The van der Waals surface area contributed by atoms with Gasteiger partial charge in [-0.15, -0.1) is 0 Å². The lowest BCUT2D eigenvalue weighted by Gasteiger charge is -2.23. The predicted octanol–water partition coefficient (Wildman–Crippen LogP) is 0.849. The van der Waals surface area contributed by atoms with Crippen molar-refractivity contribution in [2.45, 2.75) is 20.5 Å². The fraction of sp³-hybridized carbons (Fsp3) is 0.615. The summed E-state index contributed by atoms with van der Waals surface area (Å²) in [5, 5.41) is 8.79. The number of nitrogens with zero attached hydrogens (tertiary/aromatic N) is 2. The lowest BCUT2D eigenvalue weighted by atomic mass is 9.92. The van der Waals surface area contributed by atoms with Crippen LogP contribution in [0.4, 0.5) is 11.6 Å². The minimum absolute atomic E-state index is 0.0231. The van der Waals surface area contributed by atoms with E-state index in [4.69, 9.17) is 4.74 Å². The summed E-state index contributed by atoms with van der Waals surface area (Å²) in [6.45, 7) is 4.55. The van der Waals surface area contributed by atoms with E-state index in [-0.39, 0.29) is 5.91 Å². The standard InChI is InChI=1S/C13H23N5O2/c1-13(2,12(19)15-4)8-16-10-6-9(14-3)17-11(18-10)7-20-5/h6H,7-8H2,1-5H3,(H,15,19)(H2,14,16,17,18). The average Bonchev–Trinajstić information content (AvgIpc) is 2.44. The smallest absolute Gasteiger partial charge is 0.227 e. The maximum absolute atomic E-state index is 11.7. The third-order valence-corrected chi connectivity index (χ3v) is 2.86. The minimum atomic E-state index is -0.527. The second-order valence-electron chi connectivity index (χ2n) is 5.05. The number of carbonyl (C=O) groups is 1. The maximum Gasteiger partial charge on any atom is 0.227 e. The van der Waals surface area contributed by atoms with Gasteiger partial charge in [0.2, 0.25) is 5.91 Å². The van der Waals surface area contributed by atoms with Gasteiger partial charge in [-0.05, 0) is 13.8 Å². The molecule has 0 unspecified atom stereocenters. The highest BCUT2D eigenvalue weighted by atomic mass is 16.5. The fourth-order valence-electron chi connectivity index (χ4n) is 1.64. The van der Waals surface area contributed by atoms with Crippen LogP contribution >= 0.6 is 0 Å². The van der Waals surface area contributed by atoms with Crippen LogP contribution in [0.15, 0.2) is 6.07 Å². The highest BCUT2D eigenvalue weighted by molar-refractivity contribution is 5.82. The van der Waals surface area contributed by atoms with Crippen molar-refractivity contribution in [3.63, 3.8) is 0 Å². The Kier molecular flexibility index (Phi) is 5.69. The number of anilines is 2. The van der Waals surface area contributed by atoms with Gasteiger partial charge in [-0.2, -0.15) is 0 Å². The Morgan fingerprint density at radius 2 is 1.95 bits per heavy atom. The molecule has 0 aliphatic rings. The van der Waals surface area contributed by atoms with Crippen LogP contribution in [0.2, 0.25) is 0 Å². The van der Waals surface area contributed by atoms with E-state index in [1.807, 2.05) is 13.8 Å². The van der Waals surface area contributed by atoms with E-state index in [1.54, 1.807) is 27.3 Å². The Morgan fingerprint density at radius 3 is 2.50 bits per heavy atom. The van der Waals surface area contributed by atoms with Crippen LogP contribution in [0.25, 0.3) is 0 Å². The Bertz CT molecular complexity index is 462. The molecule has 7 heteroatoms. The van der Waals surface area contributed by atoms with E-state index in [0.29, 0.717) is 30.6 Å². The number of hydrogen-bond donors (Lipinski definition) is 3. The summed E-state index contributed by atoms with van der Waals surface area (Å²) in [4.78, 5) is 20.3. The van der Waals surface area contributed by atoms with Crippen molar-refractivity contribution in [2.75, 3.05) is 38.4 Å². The van der Waals surface area contributed by atoms with Gasteiger partial charge in [-0.3, -0.25) is 4.79 Å². The first-order chi connectivity index (χ1) is 9.42. The number of nitrogens with one attached hydrogen (secondary N) is 3. The fourth-order valence-corrected chi connectivity index (χ4v) is 1.64. The second kappa shape index (κ2) is 7.04. The molecule has 0 aliphatic carbocycles. The summed E-state index contributed by atoms with van der Waals surface area (Å²) in [5.41, 5.74) is -0.527. The summed E-state index contributed by atoms with van der Waals surface area (Å²) in [6, 6.07) is 1.79. The number of hydrogen-bond acceptors (Lipinski definition) is 6. The third kappa shape index (κ3) is 4.34. The Hall–Kier alpha value is -1.89. The van der Waals surface area contributed by atoms with Crippen molar-refractivity contribution in [3.05, 3.63) is 11.9 Å². The van der Waals surface area contributed by atoms with Crippen molar-refractivity contribution >= 4 is 17.5 Å². The van der Waals surface area contributed by atoms with E-state index in [2.05, 4.69) is 25.9 Å². The topological polar surface area (TPSA) is 88.2 Å². The summed E-state index contributed by atoms with van der Waals surface area (Å²) >= 11 is 0. The normalized spacial score (nSPS) is 11.1. The number of ether oxygens (including phenoxy) is 1. The van der Waals surface area contributed by atoms with Crippen molar-refractivity contribution in [3.8, 4) is 0 Å². The first-order valence-corrected chi connectivity index (χ1v) is 6.43. The lowest BCUT2D eigenvalue weighted by Crippen LogP contribution is -2.39. The van der Waals surface area contributed by atoms with Gasteiger partial charge >= 0.3 is 0 Å². The molecule has 1 heterocycles. The van der Waals surface area contributed by atoms with E-state index in [0.717, 1.165) is 0 Å². The summed E-state index contributed by atoms with van der Waals surface area (Å²) < 4.78 is 5.04. The second-order valence-corrected chi connectivity index (χ2v) is 5.05. The number of rotatable bonds is 7. The highest BCUT2D eigenvalue weighted by Crippen LogP contribution is 2.18. The van der Waals surface area contributed by atoms with E-state index in [1.165, 1.54) is 0 Å². The molecule has 0 saturated carbocycles. The molecule has 0 aromatic carbocycles. The Morgan fingerprint density at radius 1 is 1.30 bits per heavy atom. The lowest BCUT2D eigenvalue weighted by molar-refractivity contribution is -0.128. The molecule has 1 rings (SSSR count). The van der Waals surface area contributed by atoms with Gasteiger partial charge in [-0.1, -0.05) is 0 Å². The molecule has 0 atom stereocenters. The van der Waals surface area contributed by atoms with Gasteiger partial charge in [0.1, 0.15) is 18.2 Å². The summed E-state index contributed by atoms with van der Waals surface area (Å²) in [5.74, 6) is 1.92. The molecule has 0 spiro atoms. The Labute approximate surface area is 119 Å². The minimum Gasteiger partial charge on any atom is -0.377 e. The van der Waals surface area contributed by atoms with Crippen LogP contribution in [0.5, 0.6) is 0 Å². The molecule has 0 saturated heterocycles. The van der Waals surface area contributed by atoms with Gasteiger partial charge < -0.3 is 20.7 Å². The van der Waals surface area contributed by atoms with Gasteiger partial charge in [0.05, 0.1) is 5.41 Å². The van der Waals surface area contributed by atoms with Crippen molar-refractivity contribution < 1.29 is 9.53 Å². The zero-order valence-electron chi connectivity index (χ0n) is 12.7. The Balaban J connectivity index is 2.81. The molecule has 0 aliphatic heterocycles. The van der Waals surface area contributed by atoms with Crippen LogP contribution < -0.4 is 16.0 Å². The zero-order valence-corrected chi connectivity index (χ0v) is 12.7. The quantitative estimate of drug-likeness (QED) is 0.686. The SMILES string of the molecule is CNC(=O)C(C)(C)CNc1cc(NC)nc(COC)n1. The molecule has 0 fully saturated rings. The number of aromatic nitrogens is 2. The maximum atomic E-state index is 11.7. The molecular formula is C13H23N5O2. The van der Waals surface area contributed by atoms with Crippen LogP contribution in [-0.4, -0.2) is 43.6 Å². The van der Waals surface area contributed by atoms with E-state index in [9.17, 15) is 4.79 Å². The number of amides is 1. The number of methoxy groups -OCH3 is 1. The molecule has 1 aromatic rings. The zero-order chi connectivity index (χ0) is 15.2. The van der Waals surface area contributed by atoms with Crippen molar-refractivity contribution in [1.29, 1.82) is 0 Å². The molecule has 1 amide bonds. The monoisotopic (exact) mass is 281 g/mol. The molecule has 1 aromatic heterocycles. The van der Waals surface area contributed by atoms with Gasteiger partial charge in [0.25, 0.3) is 0 Å². The van der Waals surface area contributed by atoms with E-state index < -0.39 is 5.41 Å². The van der Waals surface area contributed by atoms with Crippen LogP contribution in [0.1, 0.15) is 19.7 Å². The predicted molar refractivity (Wildman–Crippen MR) is 78.6 cm³/mol. The highest BCUT2D eigenvalue weighted by Gasteiger charge is 2.26. The van der Waals surface area contributed by atoms with E-state index >= 15 is 0 Å². The van der Waals surface area contributed by atoms with Gasteiger partial charge in [-0.25, -0.2) is 9.97 Å². The van der Waals surface area contributed by atoms with Gasteiger partial charge in [0.15, 0.2) is 5.82 Å². The number of carbonyl (C=O) groups excluding carboxylic acids is 1. The molecule has 0 bridgehead atoms. The molecular weight excluding hydrogens is 258 g/mol. The van der Waals surface area contributed by atoms with Gasteiger partial charge in [0, 0.05) is 33.8 Å². The largest absolute Gasteiger partial charge is 0.377 e. The first kappa shape index (κ1) is 16.2. The first-order valence-electron chi connectivity index (χ1n) is 6.43.